The molecule has 2 rings (SSSR count). The molecule has 1 amide bonds. The quantitative estimate of drug-likeness (QED) is 0.775. The molecule has 0 bridgehead atoms. The van der Waals surface area contributed by atoms with Crippen molar-refractivity contribution in [3.63, 3.8) is 0 Å². The minimum absolute atomic E-state index is 0.187. The fraction of sp³-hybridized carbons (Fsp3) is 0.0714. The van der Waals surface area contributed by atoms with Crippen molar-refractivity contribution < 1.29 is 4.79 Å². The van der Waals surface area contributed by atoms with E-state index in [1.807, 2.05) is 30.3 Å². The molecule has 19 heavy (non-hydrogen) atoms. The lowest BCUT2D eigenvalue weighted by molar-refractivity contribution is 0.102. The topological polar surface area (TPSA) is 41.1 Å². The Morgan fingerprint density at radius 1 is 1.16 bits per heavy atom. The highest BCUT2D eigenvalue weighted by molar-refractivity contribution is 14.1. The van der Waals surface area contributed by atoms with Crippen LogP contribution in [0.3, 0.4) is 0 Å². The fourth-order valence-corrected chi connectivity index (χ4v) is 2.58. The van der Waals surface area contributed by atoms with Gasteiger partial charge in [-0.25, -0.2) is 0 Å². The monoisotopic (exact) mass is 386 g/mol. The number of halogens is 2. The van der Waals surface area contributed by atoms with Crippen molar-refractivity contribution in [2.45, 2.75) is 0 Å². The molecule has 0 aliphatic heterocycles. The van der Waals surface area contributed by atoms with Crippen LogP contribution in [0, 0.1) is 3.57 Å². The number of amides is 1. The first-order valence-electron chi connectivity index (χ1n) is 5.65. The number of nitrogens with one attached hydrogen (secondary N) is 2. The fourth-order valence-electron chi connectivity index (χ4n) is 1.68. The van der Waals surface area contributed by atoms with E-state index in [0.717, 1.165) is 9.26 Å². The van der Waals surface area contributed by atoms with Gasteiger partial charge in [0.25, 0.3) is 5.91 Å². The van der Waals surface area contributed by atoms with Crippen molar-refractivity contribution in [3.8, 4) is 0 Å². The van der Waals surface area contributed by atoms with Crippen LogP contribution in [0.15, 0.2) is 42.5 Å². The summed E-state index contributed by atoms with van der Waals surface area (Å²) in [5.41, 5.74) is 1.97. The molecule has 0 aliphatic carbocycles. The largest absolute Gasteiger partial charge is 0.387 e. The van der Waals surface area contributed by atoms with Gasteiger partial charge in [-0.1, -0.05) is 23.7 Å². The van der Waals surface area contributed by atoms with E-state index in [1.165, 1.54) is 0 Å². The van der Waals surface area contributed by atoms with E-state index in [9.17, 15) is 4.79 Å². The lowest BCUT2D eigenvalue weighted by Crippen LogP contribution is -2.14. The normalized spacial score (nSPS) is 10.1. The van der Waals surface area contributed by atoms with Crippen molar-refractivity contribution in [2.75, 3.05) is 17.7 Å². The van der Waals surface area contributed by atoms with Gasteiger partial charge >= 0.3 is 0 Å². The lowest BCUT2D eigenvalue weighted by Gasteiger charge is -2.10. The van der Waals surface area contributed by atoms with Gasteiger partial charge in [-0.05, 0) is 52.9 Å². The van der Waals surface area contributed by atoms with E-state index in [2.05, 4.69) is 33.2 Å². The summed E-state index contributed by atoms with van der Waals surface area (Å²) in [6, 6.07) is 12.8. The summed E-state index contributed by atoms with van der Waals surface area (Å²) in [6.07, 6.45) is 0. The average molecular weight is 387 g/mol. The van der Waals surface area contributed by atoms with E-state index < -0.39 is 0 Å². The summed E-state index contributed by atoms with van der Waals surface area (Å²) in [5, 5.41) is 6.33. The van der Waals surface area contributed by atoms with Crippen molar-refractivity contribution in [1.29, 1.82) is 0 Å². The predicted octanol–water partition coefficient (Wildman–Crippen LogP) is 4.24. The van der Waals surface area contributed by atoms with E-state index in [4.69, 9.17) is 11.6 Å². The summed E-state index contributed by atoms with van der Waals surface area (Å²) in [5.74, 6) is -0.187. The van der Waals surface area contributed by atoms with E-state index in [1.54, 1.807) is 19.2 Å². The van der Waals surface area contributed by atoms with Crippen LogP contribution in [0.2, 0.25) is 5.02 Å². The number of carbonyl (C=O) groups excluding carboxylic acids is 1. The smallest absolute Gasteiger partial charge is 0.257 e. The number of anilines is 2. The average Bonchev–Trinajstić information content (AvgIpc) is 2.41. The summed E-state index contributed by atoms with van der Waals surface area (Å²) in [4.78, 5) is 12.2. The molecule has 0 fully saturated rings. The first-order chi connectivity index (χ1) is 9.11. The Labute approximate surface area is 130 Å². The first-order valence-corrected chi connectivity index (χ1v) is 7.10. The number of carbonyl (C=O) groups is 1. The molecule has 0 unspecified atom stereocenters. The van der Waals surface area contributed by atoms with E-state index >= 15 is 0 Å². The first kappa shape index (κ1) is 14.1. The Morgan fingerprint density at radius 2 is 1.89 bits per heavy atom. The van der Waals surface area contributed by atoms with Crippen LogP contribution in [-0.4, -0.2) is 13.0 Å². The van der Waals surface area contributed by atoms with Crippen molar-refractivity contribution in [2.24, 2.45) is 0 Å². The summed E-state index contributed by atoms with van der Waals surface area (Å²) in [7, 11) is 1.78. The van der Waals surface area contributed by atoms with Crippen LogP contribution in [0.5, 0.6) is 0 Å². The molecule has 0 aromatic heterocycles. The number of rotatable bonds is 3. The Hall–Kier alpha value is -1.27. The molecule has 0 heterocycles. The van der Waals surface area contributed by atoms with Crippen LogP contribution in [0.4, 0.5) is 11.4 Å². The number of para-hydroxylation sites is 1. The Morgan fingerprint density at radius 3 is 2.58 bits per heavy atom. The molecule has 98 valence electrons. The number of hydrogen-bond acceptors (Lipinski definition) is 2. The van der Waals surface area contributed by atoms with Crippen molar-refractivity contribution in [1.82, 2.24) is 0 Å². The van der Waals surface area contributed by atoms with Crippen LogP contribution < -0.4 is 10.6 Å². The van der Waals surface area contributed by atoms with Crippen LogP contribution in [-0.2, 0) is 0 Å². The molecule has 0 spiro atoms. The van der Waals surface area contributed by atoms with Crippen LogP contribution in [0.1, 0.15) is 10.4 Å². The highest BCUT2D eigenvalue weighted by Gasteiger charge is 2.11. The van der Waals surface area contributed by atoms with Gasteiger partial charge in [0, 0.05) is 16.3 Å². The second kappa shape index (κ2) is 6.25. The maximum Gasteiger partial charge on any atom is 0.257 e. The third-order valence-electron chi connectivity index (χ3n) is 2.62. The Kier molecular flexibility index (Phi) is 4.66. The maximum atomic E-state index is 12.2. The SMILES string of the molecule is CNc1ccccc1C(=O)Nc1ccc(I)cc1Cl. The van der Waals surface area contributed by atoms with Gasteiger partial charge in [0.1, 0.15) is 0 Å². The molecule has 3 nitrogen and oxygen atoms in total. The zero-order valence-corrected chi connectivity index (χ0v) is 13.1. The van der Waals surface area contributed by atoms with Gasteiger partial charge in [-0.3, -0.25) is 4.79 Å². The predicted molar refractivity (Wildman–Crippen MR) is 88.1 cm³/mol. The molecule has 2 aromatic rings. The minimum atomic E-state index is -0.187. The summed E-state index contributed by atoms with van der Waals surface area (Å²) < 4.78 is 1.02. The van der Waals surface area contributed by atoms with Gasteiger partial charge in [0.05, 0.1) is 16.3 Å². The molecule has 0 radical (unpaired) electrons. The standard InChI is InChI=1S/C14H12ClIN2O/c1-17-12-5-3-2-4-10(12)14(19)18-13-7-6-9(16)8-11(13)15/h2-8,17H,1H3,(H,18,19). The third kappa shape index (κ3) is 3.39. The van der Waals surface area contributed by atoms with E-state index in [-0.39, 0.29) is 5.91 Å². The molecule has 0 saturated carbocycles. The second-order valence-electron chi connectivity index (χ2n) is 3.87. The Bertz CT molecular complexity index is 616. The maximum absolute atomic E-state index is 12.2. The molecule has 0 aliphatic rings. The summed E-state index contributed by atoms with van der Waals surface area (Å²) >= 11 is 8.27. The van der Waals surface area contributed by atoms with Gasteiger partial charge in [-0.2, -0.15) is 0 Å². The number of benzene rings is 2. The van der Waals surface area contributed by atoms with Gasteiger partial charge in [-0.15, -0.1) is 0 Å². The van der Waals surface area contributed by atoms with Crippen molar-refractivity contribution >= 4 is 51.5 Å². The molecular formula is C14H12ClIN2O. The van der Waals surface area contributed by atoms with Gasteiger partial charge in [0.15, 0.2) is 0 Å². The molecule has 0 saturated heterocycles. The van der Waals surface area contributed by atoms with Crippen LogP contribution >= 0.6 is 34.2 Å². The number of hydrogen-bond donors (Lipinski definition) is 2. The highest BCUT2D eigenvalue weighted by Crippen LogP contribution is 2.25. The molecule has 5 heteroatoms. The Balaban J connectivity index is 2.26. The van der Waals surface area contributed by atoms with Crippen molar-refractivity contribution in [3.05, 3.63) is 56.6 Å². The third-order valence-corrected chi connectivity index (χ3v) is 3.60. The van der Waals surface area contributed by atoms with Gasteiger partial charge < -0.3 is 10.6 Å². The van der Waals surface area contributed by atoms with Gasteiger partial charge in [0.2, 0.25) is 0 Å². The molecular weight excluding hydrogens is 375 g/mol. The molecule has 2 aromatic carbocycles. The van der Waals surface area contributed by atoms with E-state index in [0.29, 0.717) is 16.3 Å². The summed E-state index contributed by atoms with van der Waals surface area (Å²) in [6.45, 7) is 0. The second-order valence-corrected chi connectivity index (χ2v) is 5.53. The lowest BCUT2D eigenvalue weighted by atomic mass is 10.1. The highest BCUT2D eigenvalue weighted by atomic mass is 127. The molecule has 0 atom stereocenters. The zero-order chi connectivity index (χ0) is 13.8. The molecule has 2 N–H and O–H groups in total. The van der Waals surface area contributed by atoms with Crippen LogP contribution in [0.25, 0.3) is 0 Å². The zero-order valence-electron chi connectivity index (χ0n) is 10.2. The minimum Gasteiger partial charge on any atom is -0.387 e.